The zero-order chi connectivity index (χ0) is 27.6. The van der Waals surface area contributed by atoms with Crippen molar-refractivity contribution < 1.29 is 4.42 Å². The summed E-state index contributed by atoms with van der Waals surface area (Å²) in [5, 5.41) is 6.68. The minimum Gasteiger partial charge on any atom is -0.455 e. The van der Waals surface area contributed by atoms with E-state index in [1.165, 1.54) is 20.2 Å². The van der Waals surface area contributed by atoms with Crippen LogP contribution in [0.25, 0.3) is 87.0 Å². The number of pyridine rings is 1. The predicted octanol–water partition coefficient (Wildman–Crippen LogP) is 9.69. The Morgan fingerprint density at radius 3 is 2.19 bits per heavy atom. The van der Waals surface area contributed by atoms with Crippen LogP contribution in [0.1, 0.15) is 0 Å². The third kappa shape index (κ3) is 3.56. The lowest BCUT2D eigenvalue weighted by Gasteiger charge is -2.10. The number of rotatable bonds is 3. The fraction of sp³-hybridized carbons (Fsp3) is 0. The molecule has 6 heteroatoms. The molecule has 0 aliphatic heterocycles. The smallest absolute Gasteiger partial charge is 0.167 e. The molecule has 0 bridgehead atoms. The van der Waals surface area contributed by atoms with Gasteiger partial charge in [0.2, 0.25) is 0 Å². The zero-order valence-electron chi connectivity index (χ0n) is 22.2. The summed E-state index contributed by atoms with van der Waals surface area (Å²) in [5.74, 6) is 1.81. The molecule has 5 aromatic carbocycles. The molecule has 42 heavy (non-hydrogen) atoms. The summed E-state index contributed by atoms with van der Waals surface area (Å²) in [6, 6.07) is 37.4. The minimum atomic E-state index is 0.568. The van der Waals surface area contributed by atoms with Crippen LogP contribution in [0.2, 0.25) is 0 Å². The van der Waals surface area contributed by atoms with Crippen molar-refractivity contribution >= 4 is 64.2 Å². The molecule has 0 radical (unpaired) electrons. The fourth-order valence-electron chi connectivity index (χ4n) is 5.84. The largest absolute Gasteiger partial charge is 0.455 e. The number of aromatic nitrogens is 4. The van der Waals surface area contributed by atoms with Crippen LogP contribution in [0.15, 0.2) is 126 Å². The lowest BCUT2D eigenvalue weighted by molar-refractivity contribution is 0.669. The first kappa shape index (κ1) is 23.3. The zero-order valence-corrected chi connectivity index (χ0v) is 23.0. The van der Waals surface area contributed by atoms with E-state index in [0.717, 1.165) is 49.4 Å². The number of hydrogen-bond acceptors (Lipinski definition) is 6. The molecule has 4 aromatic heterocycles. The average Bonchev–Trinajstić information content (AvgIpc) is 3.63. The molecule has 0 fully saturated rings. The SMILES string of the molecule is c1ccc(-c2nc(-c3ccc4c(c3)sc3ccccc34)nc(-c3cc4ccccc4c4c3oc3ccncc34)n2)cc1. The van der Waals surface area contributed by atoms with Crippen LogP contribution in [0, 0.1) is 0 Å². The van der Waals surface area contributed by atoms with Crippen molar-refractivity contribution in [2.45, 2.75) is 0 Å². The highest BCUT2D eigenvalue weighted by atomic mass is 32.1. The van der Waals surface area contributed by atoms with Gasteiger partial charge in [-0.25, -0.2) is 15.0 Å². The Hall–Kier alpha value is -5.46. The third-order valence-electron chi connectivity index (χ3n) is 7.81. The summed E-state index contributed by atoms with van der Waals surface area (Å²) < 4.78 is 8.96. The van der Waals surface area contributed by atoms with Gasteiger partial charge in [0.05, 0.1) is 5.56 Å². The molecule has 0 atom stereocenters. The number of thiophene rings is 1. The van der Waals surface area contributed by atoms with Crippen molar-refractivity contribution in [3.8, 4) is 34.2 Å². The summed E-state index contributed by atoms with van der Waals surface area (Å²) in [6.45, 7) is 0. The molecule has 0 unspecified atom stereocenters. The van der Waals surface area contributed by atoms with E-state index in [9.17, 15) is 0 Å². The van der Waals surface area contributed by atoms with Crippen LogP contribution in [-0.2, 0) is 0 Å². The Labute approximate surface area is 243 Å². The van der Waals surface area contributed by atoms with E-state index in [1.807, 2.05) is 48.7 Å². The van der Waals surface area contributed by atoms with Crippen molar-refractivity contribution in [3.05, 3.63) is 122 Å². The highest BCUT2D eigenvalue weighted by molar-refractivity contribution is 7.25. The standard InChI is InChI=1S/C36H20N4OS/c1-2-8-21(9-3-1)34-38-35(23-14-15-26-25-12-6-7-13-30(25)42-31(26)19-23)40-36(39-34)27-18-22-10-4-5-11-24(22)32-28-20-37-17-16-29(28)41-33(27)32/h1-20H. The maximum absolute atomic E-state index is 6.49. The summed E-state index contributed by atoms with van der Waals surface area (Å²) in [7, 11) is 0. The van der Waals surface area contributed by atoms with Gasteiger partial charge in [-0.3, -0.25) is 4.98 Å². The normalized spacial score (nSPS) is 11.8. The first-order valence-corrected chi connectivity index (χ1v) is 14.5. The van der Waals surface area contributed by atoms with Crippen molar-refractivity contribution in [2.24, 2.45) is 0 Å². The lowest BCUT2D eigenvalue weighted by Crippen LogP contribution is -2.00. The van der Waals surface area contributed by atoms with E-state index in [1.54, 1.807) is 17.5 Å². The molecule has 0 amide bonds. The maximum Gasteiger partial charge on any atom is 0.167 e. The number of nitrogens with zero attached hydrogens (tertiary/aromatic N) is 4. The molecular formula is C36H20N4OS. The van der Waals surface area contributed by atoms with Gasteiger partial charge >= 0.3 is 0 Å². The minimum absolute atomic E-state index is 0.568. The van der Waals surface area contributed by atoms with Gasteiger partial charge in [0.15, 0.2) is 17.5 Å². The van der Waals surface area contributed by atoms with Crippen LogP contribution >= 0.6 is 11.3 Å². The van der Waals surface area contributed by atoms with E-state index in [0.29, 0.717) is 17.5 Å². The highest BCUT2D eigenvalue weighted by Crippen LogP contribution is 2.41. The summed E-state index contributed by atoms with van der Waals surface area (Å²) in [6.07, 6.45) is 3.62. The van der Waals surface area contributed by atoms with Gasteiger partial charge in [-0.1, -0.05) is 84.9 Å². The molecule has 0 aliphatic carbocycles. The quantitative estimate of drug-likeness (QED) is 0.217. The molecule has 4 heterocycles. The molecule has 0 aliphatic rings. The van der Waals surface area contributed by atoms with Crippen molar-refractivity contribution in [3.63, 3.8) is 0 Å². The summed E-state index contributed by atoms with van der Waals surface area (Å²) >= 11 is 1.79. The van der Waals surface area contributed by atoms with Crippen LogP contribution in [0.5, 0.6) is 0 Å². The molecule has 5 nitrogen and oxygen atoms in total. The van der Waals surface area contributed by atoms with E-state index < -0.39 is 0 Å². The second kappa shape index (κ2) is 9.03. The van der Waals surface area contributed by atoms with Gasteiger partial charge in [-0.05, 0) is 35.0 Å². The fourth-order valence-corrected chi connectivity index (χ4v) is 6.99. The van der Waals surface area contributed by atoms with Crippen LogP contribution < -0.4 is 0 Å². The second-order valence-corrected chi connectivity index (χ2v) is 11.4. The van der Waals surface area contributed by atoms with Gasteiger partial charge in [-0.2, -0.15) is 0 Å². The second-order valence-electron chi connectivity index (χ2n) is 10.3. The number of furan rings is 1. The Morgan fingerprint density at radius 1 is 0.548 bits per heavy atom. The van der Waals surface area contributed by atoms with Crippen molar-refractivity contribution in [1.82, 2.24) is 19.9 Å². The monoisotopic (exact) mass is 556 g/mol. The van der Waals surface area contributed by atoms with Gasteiger partial charge in [-0.15, -0.1) is 11.3 Å². The van der Waals surface area contributed by atoms with Crippen molar-refractivity contribution in [1.29, 1.82) is 0 Å². The van der Waals surface area contributed by atoms with Gasteiger partial charge in [0.1, 0.15) is 11.2 Å². The van der Waals surface area contributed by atoms with Crippen LogP contribution in [0.4, 0.5) is 0 Å². The summed E-state index contributed by atoms with van der Waals surface area (Å²) in [4.78, 5) is 19.5. The molecule has 196 valence electrons. The maximum atomic E-state index is 6.49. The summed E-state index contributed by atoms with van der Waals surface area (Å²) in [5.41, 5.74) is 4.22. The molecule has 0 spiro atoms. The van der Waals surface area contributed by atoms with Crippen LogP contribution in [-0.4, -0.2) is 19.9 Å². The van der Waals surface area contributed by atoms with Crippen molar-refractivity contribution in [2.75, 3.05) is 0 Å². The third-order valence-corrected chi connectivity index (χ3v) is 8.94. The van der Waals surface area contributed by atoms with E-state index in [4.69, 9.17) is 19.4 Å². The van der Waals surface area contributed by atoms with E-state index in [-0.39, 0.29) is 0 Å². The molecule has 0 N–H and O–H groups in total. The Balaban J connectivity index is 1.34. The van der Waals surface area contributed by atoms with E-state index in [2.05, 4.69) is 71.7 Å². The molecular weight excluding hydrogens is 536 g/mol. The number of benzene rings is 5. The van der Waals surface area contributed by atoms with Gasteiger partial charge in [0, 0.05) is 54.5 Å². The molecule has 0 saturated carbocycles. The molecule has 0 saturated heterocycles. The topological polar surface area (TPSA) is 64.7 Å². The number of hydrogen-bond donors (Lipinski definition) is 0. The van der Waals surface area contributed by atoms with Gasteiger partial charge in [0.25, 0.3) is 0 Å². The molecule has 9 aromatic rings. The van der Waals surface area contributed by atoms with E-state index >= 15 is 0 Å². The molecule has 9 rings (SSSR count). The lowest BCUT2D eigenvalue weighted by atomic mass is 10.0. The van der Waals surface area contributed by atoms with Gasteiger partial charge < -0.3 is 4.42 Å². The number of fused-ring (bicyclic) bond motifs is 8. The predicted molar refractivity (Wildman–Crippen MR) is 172 cm³/mol. The van der Waals surface area contributed by atoms with Crippen LogP contribution in [0.3, 0.4) is 0 Å². The average molecular weight is 557 g/mol. The first-order valence-electron chi connectivity index (χ1n) is 13.7. The Bertz CT molecular complexity index is 2480. The first-order chi connectivity index (χ1) is 20.8. The Kier molecular flexibility index (Phi) is 5.00. The Morgan fingerprint density at radius 2 is 1.29 bits per heavy atom. The highest BCUT2D eigenvalue weighted by Gasteiger charge is 2.20.